The molecule has 0 spiro atoms. The predicted molar refractivity (Wildman–Crippen MR) is 88.7 cm³/mol. The Bertz CT molecular complexity index is 670. The van der Waals surface area contributed by atoms with Crippen LogP contribution >= 0.6 is 0 Å². The maximum atomic E-state index is 12.1. The molecule has 4 nitrogen and oxygen atoms in total. The molecule has 3 rings (SSSR count). The highest BCUT2D eigenvalue weighted by molar-refractivity contribution is 5.94. The monoisotopic (exact) mass is 308 g/mol. The summed E-state index contributed by atoms with van der Waals surface area (Å²) in [4.78, 5) is 26.0. The lowest BCUT2D eigenvalue weighted by Gasteiger charge is -2.17. The Morgan fingerprint density at radius 1 is 1.04 bits per heavy atom. The van der Waals surface area contributed by atoms with E-state index in [2.05, 4.69) is 5.32 Å². The van der Waals surface area contributed by atoms with E-state index in [0.29, 0.717) is 31.6 Å². The average Bonchev–Trinajstić information content (AvgIpc) is 2.94. The lowest BCUT2D eigenvalue weighted by molar-refractivity contribution is -0.128. The fourth-order valence-electron chi connectivity index (χ4n) is 2.88. The normalized spacial score (nSPS) is 17.3. The van der Waals surface area contributed by atoms with Crippen LogP contribution in [0.5, 0.6) is 0 Å². The summed E-state index contributed by atoms with van der Waals surface area (Å²) in [6.07, 6.45) is 0.502. The molecule has 0 saturated carbocycles. The molecule has 2 aromatic carbocycles. The van der Waals surface area contributed by atoms with Crippen LogP contribution in [0.3, 0.4) is 0 Å². The Morgan fingerprint density at radius 3 is 2.39 bits per heavy atom. The smallest absolute Gasteiger partial charge is 0.251 e. The SMILES string of the molecule is O=C(NCC1CC(=O)N(Cc2ccccc2)C1)c1ccccc1. The number of hydrogen-bond donors (Lipinski definition) is 1. The number of nitrogens with one attached hydrogen (secondary N) is 1. The van der Waals surface area contributed by atoms with Crippen LogP contribution in [-0.2, 0) is 11.3 Å². The zero-order chi connectivity index (χ0) is 16.1. The fraction of sp³-hybridized carbons (Fsp3) is 0.263. The molecule has 1 N–H and O–H groups in total. The van der Waals surface area contributed by atoms with Crippen LogP contribution in [0.15, 0.2) is 60.7 Å². The largest absolute Gasteiger partial charge is 0.352 e. The third-order valence-electron chi connectivity index (χ3n) is 4.10. The molecular weight excluding hydrogens is 288 g/mol. The van der Waals surface area contributed by atoms with Crippen molar-refractivity contribution in [1.29, 1.82) is 0 Å². The number of nitrogens with zero attached hydrogens (tertiary/aromatic N) is 1. The summed E-state index contributed by atoms with van der Waals surface area (Å²) in [5.41, 5.74) is 1.78. The Balaban J connectivity index is 1.51. The van der Waals surface area contributed by atoms with Crippen LogP contribution < -0.4 is 5.32 Å². The van der Waals surface area contributed by atoms with Crippen molar-refractivity contribution in [3.63, 3.8) is 0 Å². The van der Waals surface area contributed by atoms with Crippen molar-refractivity contribution in [2.45, 2.75) is 13.0 Å². The highest BCUT2D eigenvalue weighted by Crippen LogP contribution is 2.19. The predicted octanol–water partition coefficient (Wildman–Crippen LogP) is 2.47. The number of likely N-dealkylation sites (tertiary alicyclic amines) is 1. The molecule has 0 bridgehead atoms. The molecule has 2 aromatic rings. The average molecular weight is 308 g/mol. The second kappa shape index (κ2) is 7.09. The third kappa shape index (κ3) is 3.97. The number of carbonyl (C=O) groups excluding carboxylic acids is 2. The molecule has 0 aliphatic carbocycles. The molecule has 1 fully saturated rings. The van der Waals surface area contributed by atoms with Crippen LogP contribution in [0.25, 0.3) is 0 Å². The molecule has 118 valence electrons. The quantitative estimate of drug-likeness (QED) is 0.922. The van der Waals surface area contributed by atoms with Crippen LogP contribution in [0.1, 0.15) is 22.3 Å². The highest BCUT2D eigenvalue weighted by atomic mass is 16.2. The second-order valence-electron chi connectivity index (χ2n) is 5.91. The molecule has 2 amide bonds. The van der Waals surface area contributed by atoms with Crippen molar-refractivity contribution >= 4 is 11.8 Å². The highest BCUT2D eigenvalue weighted by Gasteiger charge is 2.29. The van der Waals surface area contributed by atoms with Crippen LogP contribution in [0.2, 0.25) is 0 Å². The van der Waals surface area contributed by atoms with Gasteiger partial charge in [0.1, 0.15) is 0 Å². The molecule has 0 aromatic heterocycles. The van der Waals surface area contributed by atoms with Gasteiger partial charge in [0.15, 0.2) is 0 Å². The van der Waals surface area contributed by atoms with Crippen molar-refractivity contribution in [1.82, 2.24) is 10.2 Å². The van der Waals surface area contributed by atoms with Crippen LogP contribution in [0, 0.1) is 5.92 Å². The van der Waals surface area contributed by atoms with E-state index in [4.69, 9.17) is 0 Å². The van der Waals surface area contributed by atoms with E-state index in [1.807, 2.05) is 53.4 Å². The fourth-order valence-corrected chi connectivity index (χ4v) is 2.88. The van der Waals surface area contributed by atoms with Gasteiger partial charge in [0.25, 0.3) is 5.91 Å². The van der Waals surface area contributed by atoms with E-state index >= 15 is 0 Å². The molecule has 23 heavy (non-hydrogen) atoms. The first-order chi connectivity index (χ1) is 11.2. The van der Waals surface area contributed by atoms with Crippen molar-refractivity contribution in [2.24, 2.45) is 5.92 Å². The van der Waals surface area contributed by atoms with Crippen LogP contribution in [0.4, 0.5) is 0 Å². The molecule has 1 saturated heterocycles. The standard InChI is InChI=1S/C19H20N2O2/c22-18-11-16(12-20-19(23)17-9-5-2-6-10-17)14-21(18)13-15-7-3-1-4-8-15/h1-10,16H,11-14H2,(H,20,23). The van der Waals surface area contributed by atoms with E-state index in [9.17, 15) is 9.59 Å². The molecular formula is C19H20N2O2. The van der Waals surface area contributed by atoms with Gasteiger partial charge in [-0.05, 0) is 17.7 Å². The van der Waals surface area contributed by atoms with Gasteiger partial charge in [0.05, 0.1) is 0 Å². The maximum Gasteiger partial charge on any atom is 0.251 e. The summed E-state index contributed by atoms with van der Waals surface area (Å²) in [5.74, 6) is 0.256. The zero-order valence-electron chi connectivity index (χ0n) is 12.9. The number of hydrogen-bond acceptors (Lipinski definition) is 2. The van der Waals surface area contributed by atoms with Gasteiger partial charge in [0.2, 0.25) is 5.91 Å². The number of benzene rings is 2. The molecule has 1 heterocycles. The Kier molecular flexibility index (Phi) is 4.71. The topological polar surface area (TPSA) is 49.4 Å². The minimum atomic E-state index is -0.0837. The summed E-state index contributed by atoms with van der Waals surface area (Å²) < 4.78 is 0. The van der Waals surface area contributed by atoms with Gasteiger partial charge in [-0.2, -0.15) is 0 Å². The van der Waals surface area contributed by atoms with Crippen LogP contribution in [-0.4, -0.2) is 29.8 Å². The molecule has 0 radical (unpaired) electrons. The molecule has 4 heteroatoms. The number of rotatable bonds is 5. The molecule has 1 unspecified atom stereocenters. The first-order valence-electron chi connectivity index (χ1n) is 7.87. The maximum absolute atomic E-state index is 12.1. The van der Waals surface area contributed by atoms with E-state index in [0.717, 1.165) is 5.56 Å². The van der Waals surface area contributed by atoms with Gasteiger partial charge in [-0.3, -0.25) is 9.59 Å². The van der Waals surface area contributed by atoms with Gasteiger partial charge in [-0.25, -0.2) is 0 Å². The van der Waals surface area contributed by atoms with Gasteiger partial charge >= 0.3 is 0 Å². The van der Waals surface area contributed by atoms with Gasteiger partial charge in [-0.15, -0.1) is 0 Å². The van der Waals surface area contributed by atoms with Crippen molar-refractivity contribution in [3.05, 3.63) is 71.8 Å². The second-order valence-corrected chi connectivity index (χ2v) is 5.91. The Labute approximate surface area is 136 Å². The summed E-state index contributed by atoms with van der Waals surface area (Å²) in [6.45, 7) is 1.87. The van der Waals surface area contributed by atoms with E-state index < -0.39 is 0 Å². The lowest BCUT2D eigenvalue weighted by Crippen LogP contribution is -2.31. The van der Waals surface area contributed by atoms with Gasteiger partial charge < -0.3 is 10.2 Å². The summed E-state index contributed by atoms with van der Waals surface area (Å²) in [7, 11) is 0. The Morgan fingerprint density at radius 2 is 1.70 bits per heavy atom. The van der Waals surface area contributed by atoms with E-state index in [-0.39, 0.29) is 17.7 Å². The number of amides is 2. The lowest BCUT2D eigenvalue weighted by atomic mass is 10.1. The number of carbonyl (C=O) groups is 2. The molecule has 1 atom stereocenters. The van der Waals surface area contributed by atoms with Crippen molar-refractivity contribution in [3.8, 4) is 0 Å². The Hall–Kier alpha value is -2.62. The molecule has 1 aliphatic heterocycles. The van der Waals surface area contributed by atoms with E-state index in [1.54, 1.807) is 12.1 Å². The van der Waals surface area contributed by atoms with Gasteiger partial charge in [0, 0.05) is 37.5 Å². The van der Waals surface area contributed by atoms with Crippen molar-refractivity contribution < 1.29 is 9.59 Å². The molecule has 1 aliphatic rings. The summed E-state index contributed by atoms with van der Waals surface area (Å²) in [6, 6.07) is 19.1. The van der Waals surface area contributed by atoms with Gasteiger partial charge in [-0.1, -0.05) is 48.5 Å². The minimum Gasteiger partial charge on any atom is -0.352 e. The van der Waals surface area contributed by atoms with E-state index in [1.165, 1.54) is 0 Å². The summed E-state index contributed by atoms with van der Waals surface area (Å²) >= 11 is 0. The van der Waals surface area contributed by atoms with Crippen molar-refractivity contribution in [2.75, 3.05) is 13.1 Å². The summed E-state index contributed by atoms with van der Waals surface area (Å²) in [5, 5.41) is 2.93. The first kappa shape index (κ1) is 15.3. The third-order valence-corrected chi connectivity index (χ3v) is 4.10. The first-order valence-corrected chi connectivity index (χ1v) is 7.87. The minimum absolute atomic E-state index is 0.0837. The zero-order valence-corrected chi connectivity index (χ0v) is 12.9.